The predicted molar refractivity (Wildman–Crippen MR) is 70.1 cm³/mol. The van der Waals surface area contributed by atoms with Crippen molar-refractivity contribution in [3.05, 3.63) is 0 Å². The Kier molecular flexibility index (Phi) is 6.76. The van der Waals surface area contributed by atoms with Crippen LogP contribution in [0.3, 0.4) is 0 Å². The maximum atomic E-state index is 12.2. The molecule has 1 amide bonds. The van der Waals surface area contributed by atoms with Gasteiger partial charge in [-0.15, -0.1) is 0 Å². The number of carbonyl (C=O) groups excluding carboxylic acids is 2. The van der Waals surface area contributed by atoms with Crippen LogP contribution in [0.2, 0.25) is 0 Å². The Morgan fingerprint density at radius 2 is 1.94 bits per heavy atom. The van der Waals surface area contributed by atoms with Crippen LogP contribution in [0, 0.1) is 5.92 Å². The maximum absolute atomic E-state index is 12.2. The first-order chi connectivity index (χ1) is 8.69. The highest BCUT2D eigenvalue weighted by Crippen LogP contribution is 2.28. The number of esters is 1. The molecule has 4 nitrogen and oxygen atoms in total. The summed E-state index contributed by atoms with van der Waals surface area (Å²) in [6.45, 7) is 5.59. The zero-order valence-electron chi connectivity index (χ0n) is 11.6. The molecule has 0 heterocycles. The van der Waals surface area contributed by atoms with Crippen molar-refractivity contribution < 1.29 is 14.3 Å². The molecule has 0 saturated heterocycles. The van der Waals surface area contributed by atoms with Crippen molar-refractivity contribution in [2.45, 2.75) is 52.4 Å². The molecule has 0 aromatic carbocycles. The molecular weight excluding hydrogens is 230 g/mol. The van der Waals surface area contributed by atoms with Crippen LogP contribution < -0.4 is 0 Å². The molecule has 0 radical (unpaired) electrons. The van der Waals surface area contributed by atoms with Gasteiger partial charge >= 0.3 is 5.97 Å². The molecule has 104 valence electrons. The van der Waals surface area contributed by atoms with Gasteiger partial charge in [-0.1, -0.05) is 19.8 Å². The summed E-state index contributed by atoms with van der Waals surface area (Å²) < 4.78 is 4.90. The van der Waals surface area contributed by atoms with E-state index in [9.17, 15) is 9.59 Å². The molecule has 1 aliphatic carbocycles. The van der Waals surface area contributed by atoms with Crippen molar-refractivity contribution in [2.24, 2.45) is 5.92 Å². The minimum absolute atomic E-state index is 0.208. The topological polar surface area (TPSA) is 46.6 Å². The average molecular weight is 255 g/mol. The van der Waals surface area contributed by atoms with Crippen molar-refractivity contribution >= 4 is 11.9 Å². The Hall–Kier alpha value is -1.06. The van der Waals surface area contributed by atoms with Crippen molar-refractivity contribution in [1.29, 1.82) is 0 Å². The van der Waals surface area contributed by atoms with Gasteiger partial charge in [0.2, 0.25) is 5.91 Å². The lowest BCUT2D eigenvalue weighted by molar-refractivity contribution is -0.145. The molecule has 1 rings (SSSR count). The van der Waals surface area contributed by atoms with Gasteiger partial charge in [-0.25, -0.2) is 0 Å². The SMILES string of the molecule is CCCCN(CCC(=O)OCC)C(=O)C1CCC1. The number of hydrogen-bond acceptors (Lipinski definition) is 3. The summed E-state index contributed by atoms with van der Waals surface area (Å²) in [6.07, 6.45) is 5.57. The van der Waals surface area contributed by atoms with E-state index < -0.39 is 0 Å². The van der Waals surface area contributed by atoms with Gasteiger partial charge in [0, 0.05) is 19.0 Å². The van der Waals surface area contributed by atoms with E-state index in [1.165, 1.54) is 0 Å². The van der Waals surface area contributed by atoms with Crippen LogP contribution in [-0.2, 0) is 14.3 Å². The van der Waals surface area contributed by atoms with Gasteiger partial charge < -0.3 is 9.64 Å². The Labute approximate surface area is 110 Å². The molecule has 4 heteroatoms. The molecule has 0 N–H and O–H groups in total. The molecular formula is C14H25NO3. The quantitative estimate of drug-likeness (QED) is 0.626. The van der Waals surface area contributed by atoms with Crippen LogP contribution in [0.15, 0.2) is 0 Å². The molecule has 0 spiro atoms. The summed E-state index contributed by atoms with van der Waals surface area (Å²) in [6, 6.07) is 0. The number of ether oxygens (including phenoxy) is 1. The smallest absolute Gasteiger partial charge is 0.307 e. The van der Waals surface area contributed by atoms with E-state index in [4.69, 9.17) is 4.74 Å². The highest BCUT2D eigenvalue weighted by molar-refractivity contribution is 5.80. The molecule has 0 aromatic heterocycles. The van der Waals surface area contributed by atoms with Gasteiger partial charge in [0.1, 0.15) is 0 Å². The van der Waals surface area contributed by atoms with Crippen molar-refractivity contribution in [3.8, 4) is 0 Å². The number of hydrogen-bond donors (Lipinski definition) is 0. The molecule has 1 fully saturated rings. The van der Waals surface area contributed by atoms with E-state index in [1.807, 2.05) is 4.90 Å². The van der Waals surface area contributed by atoms with Crippen molar-refractivity contribution in [2.75, 3.05) is 19.7 Å². The van der Waals surface area contributed by atoms with Crippen LogP contribution in [0.1, 0.15) is 52.4 Å². The summed E-state index contributed by atoms with van der Waals surface area (Å²) in [4.78, 5) is 25.4. The van der Waals surface area contributed by atoms with Crippen LogP contribution in [0.5, 0.6) is 0 Å². The van der Waals surface area contributed by atoms with Crippen LogP contribution in [0.25, 0.3) is 0 Å². The van der Waals surface area contributed by atoms with E-state index in [0.717, 1.165) is 38.6 Å². The monoisotopic (exact) mass is 255 g/mol. The standard InChI is InChI=1S/C14H25NO3/c1-3-5-10-15(11-9-13(16)18-4-2)14(17)12-7-6-8-12/h12H,3-11H2,1-2H3. The molecule has 0 unspecified atom stereocenters. The largest absolute Gasteiger partial charge is 0.466 e. The van der Waals surface area contributed by atoms with Crippen molar-refractivity contribution in [1.82, 2.24) is 4.90 Å². The fourth-order valence-electron chi connectivity index (χ4n) is 2.05. The van der Waals surface area contributed by atoms with Gasteiger partial charge in [-0.2, -0.15) is 0 Å². The third-order valence-electron chi connectivity index (χ3n) is 3.44. The molecule has 0 bridgehead atoms. The number of rotatable bonds is 8. The lowest BCUT2D eigenvalue weighted by Gasteiger charge is -2.31. The second-order valence-electron chi connectivity index (χ2n) is 4.86. The second kappa shape index (κ2) is 8.11. The lowest BCUT2D eigenvalue weighted by atomic mass is 9.84. The summed E-state index contributed by atoms with van der Waals surface area (Å²) in [7, 11) is 0. The van der Waals surface area contributed by atoms with E-state index in [2.05, 4.69) is 6.92 Å². The van der Waals surface area contributed by atoms with Crippen molar-refractivity contribution in [3.63, 3.8) is 0 Å². The Morgan fingerprint density at radius 1 is 1.22 bits per heavy atom. The molecule has 18 heavy (non-hydrogen) atoms. The van der Waals surface area contributed by atoms with Crippen LogP contribution in [-0.4, -0.2) is 36.5 Å². The Balaban J connectivity index is 2.38. The number of carbonyl (C=O) groups is 2. The van der Waals surface area contributed by atoms with Gasteiger partial charge in [0.15, 0.2) is 0 Å². The summed E-state index contributed by atoms with van der Waals surface area (Å²) in [5.41, 5.74) is 0. The fraction of sp³-hybridized carbons (Fsp3) is 0.857. The Bertz CT molecular complexity index is 274. The third-order valence-corrected chi connectivity index (χ3v) is 3.44. The van der Waals surface area contributed by atoms with E-state index >= 15 is 0 Å². The van der Waals surface area contributed by atoms with E-state index in [0.29, 0.717) is 19.6 Å². The number of unbranched alkanes of at least 4 members (excludes halogenated alkanes) is 1. The van der Waals surface area contributed by atoms with E-state index in [-0.39, 0.29) is 17.8 Å². The zero-order valence-corrected chi connectivity index (χ0v) is 11.6. The lowest BCUT2D eigenvalue weighted by Crippen LogP contribution is -2.40. The summed E-state index contributed by atoms with van der Waals surface area (Å²) in [5.74, 6) is 0.239. The first kappa shape index (κ1) is 15.0. The molecule has 0 aliphatic heterocycles. The van der Waals surface area contributed by atoms with Gasteiger partial charge in [-0.05, 0) is 26.2 Å². The first-order valence-electron chi connectivity index (χ1n) is 7.13. The molecule has 0 atom stereocenters. The van der Waals surface area contributed by atoms with E-state index in [1.54, 1.807) is 6.92 Å². The minimum Gasteiger partial charge on any atom is -0.466 e. The van der Waals surface area contributed by atoms with Crippen LogP contribution >= 0.6 is 0 Å². The number of amides is 1. The minimum atomic E-state index is -0.208. The zero-order chi connectivity index (χ0) is 13.4. The maximum Gasteiger partial charge on any atom is 0.307 e. The van der Waals surface area contributed by atoms with Crippen LogP contribution in [0.4, 0.5) is 0 Å². The normalized spacial score (nSPS) is 15.0. The fourth-order valence-corrected chi connectivity index (χ4v) is 2.05. The average Bonchev–Trinajstić information content (AvgIpc) is 2.27. The first-order valence-corrected chi connectivity index (χ1v) is 7.13. The highest BCUT2D eigenvalue weighted by Gasteiger charge is 2.29. The number of nitrogens with zero attached hydrogens (tertiary/aromatic N) is 1. The molecule has 1 aliphatic rings. The summed E-state index contributed by atoms with van der Waals surface area (Å²) >= 11 is 0. The molecule has 0 aromatic rings. The molecule has 1 saturated carbocycles. The third kappa shape index (κ3) is 4.67. The van der Waals surface area contributed by atoms with Gasteiger partial charge in [0.25, 0.3) is 0 Å². The highest BCUT2D eigenvalue weighted by atomic mass is 16.5. The van der Waals surface area contributed by atoms with Gasteiger partial charge in [0.05, 0.1) is 13.0 Å². The Morgan fingerprint density at radius 3 is 2.44 bits per heavy atom. The predicted octanol–water partition coefficient (Wildman–Crippen LogP) is 2.37. The van der Waals surface area contributed by atoms with Gasteiger partial charge in [-0.3, -0.25) is 9.59 Å². The second-order valence-corrected chi connectivity index (χ2v) is 4.86. The summed E-state index contributed by atoms with van der Waals surface area (Å²) in [5, 5.41) is 0.